The average molecular weight is 346 g/mol. The molecule has 138 valence electrons. The maximum absolute atomic E-state index is 12.8. The maximum atomic E-state index is 12.8. The van der Waals surface area contributed by atoms with E-state index in [-0.39, 0.29) is 30.4 Å². The third-order valence-electron chi connectivity index (χ3n) is 7.08. The summed E-state index contributed by atoms with van der Waals surface area (Å²) in [4.78, 5) is 24.6. The van der Waals surface area contributed by atoms with Gasteiger partial charge in [0, 0.05) is 0 Å². The number of ether oxygens (including phenoxy) is 2. The average Bonchev–Trinajstić information content (AvgIpc) is 3.22. The summed E-state index contributed by atoms with van der Waals surface area (Å²) < 4.78 is 10.8. The molecule has 4 bridgehead atoms. The highest BCUT2D eigenvalue weighted by molar-refractivity contribution is 5.78. The molecule has 4 aliphatic rings. The van der Waals surface area contributed by atoms with Crippen molar-refractivity contribution in [3.8, 4) is 0 Å². The molecule has 4 heteroatoms. The Bertz CT molecular complexity index is 616. The zero-order chi connectivity index (χ0) is 18.0. The highest BCUT2D eigenvalue weighted by Crippen LogP contribution is 2.70. The second kappa shape index (κ2) is 5.59. The smallest absolute Gasteiger partial charge is 0.312 e. The fraction of sp³-hybridized carbons (Fsp3) is 0.810. The summed E-state index contributed by atoms with van der Waals surface area (Å²) in [5.74, 6) is 3.65. The lowest BCUT2D eigenvalue weighted by atomic mass is 9.63. The van der Waals surface area contributed by atoms with E-state index in [1.54, 1.807) is 0 Å². The van der Waals surface area contributed by atoms with Crippen molar-refractivity contribution in [2.75, 3.05) is 6.61 Å². The van der Waals surface area contributed by atoms with Gasteiger partial charge in [0.15, 0.2) is 0 Å². The van der Waals surface area contributed by atoms with Crippen LogP contribution in [0.2, 0.25) is 0 Å². The van der Waals surface area contributed by atoms with Crippen molar-refractivity contribution in [1.82, 2.24) is 0 Å². The van der Waals surface area contributed by atoms with Gasteiger partial charge in [0.2, 0.25) is 0 Å². The topological polar surface area (TPSA) is 52.6 Å². The SMILES string of the molecule is CC(C)(C)OC(=O)CCOC(=O)C1(C)CC2CC1C1C3C=CC(C3)C21. The Kier molecular flexibility index (Phi) is 3.82. The zero-order valence-corrected chi connectivity index (χ0v) is 15.8. The quantitative estimate of drug-likeness (QED) is 0.442. The van der Waals surface area contributed by atoms with Crippen LogP contribution in [0.5, 0.6) is 0 Å². The van der Waals surface area contributed by atoms with Crippen LogP contribution in [-0.2, 0) is 19.1 Å². The Morgan fingerprint density at radius 2 is 1.80 bits per heavy atom. The van der Waals surface area contributed by atoms with Gasteiger partial charge in [-0.3, -0.25) is 9.59 Å². The van der Waals surface area contributed by atoms with Crippen LogP contribution >= 0.6 is 0 Å². The van der Waals surface area contributed by atoms with Crippen molar-refractivity contribution < 1.29 is 19.1 Å². The van der Waals surface area contributed by atoms with E-state index in [1.807, 2.05) is 20.8 Å². The largest absolute Gasteiger partial charge is 0.465 e. The molecule has 4 rings (SSSR count). The second-order valence-corrected chi connectivity index (χ2v) is 9.80. The van der Waals surface area contributed by atoms with E-state index in [0.29, 0.717) is 23.7 Å². The van der Waals surface area contributed by atoms with E-state index in [0.717, 1.165) is 18.3 Å². The Labute approximate surface area is 150 Å². The first-order chi connectivity index (χ1) is 11.7. The summed E-state index contributed by atoms with van der Waals surface area (Å²) in [5, 5.41) is 0. The minimum Gasteiger partial charge on any atom is -0.465 e. The molecule has 7 unspecified atom stereocenters. The first-order valence-electron chi connectivity index (χ1n) is 9.76. The van der Waals surface area contributed by atoms with Gasteiger partial charge < -0.3 is 9.47 Å². The number of esters is 2. The van der Waals surface area contributed by atoms with E-state index in [9.17, 15) is 9.59 Å². The highest BCUT2D eigenvalue weighted by Gasteiger charge is 2.66. The van der Waals surface area contributed by atoms with Gasteiger partial charge in [-0.25, -0.2) is 0 Å². The van der Waals surface area contributed by atoms with Crippen LogP contribution < -0.4 is 0 Å². The zero-order valence-electron chi connectivity index (χ0n) is 15.8. The fourth-order valence-corrected chi connectivity index (χ4v) is 6.39. The standard InChI is InChI=1S/C21H30O4/c1-20(2,3)25-16(22)7-8-24-19(23)21(4)11-14-10-15(21)18-13-6-5-12(9-13)17(14)18/h5-6,12-15,17-18H,7-11H2,1-4H3. The van der Waals surface area contributed by atoms with Crippen molar-refractivity contribution in [3.63, 3.8) is 0 Å². The summed E-state index contributed by atoms with van der Waals surface area (Å²) in [6, 6.07) is 0. The van der Waals surface area contributed by atoms with Crippen LogP contribution in [0, 0.1) is 40.9 Å². The molecule has 4 nitrogen and oxygen atoms in total. The Morgan fingerprint density at radius 1 is 1.12 bits per heavy atom. The summed E-state index contributed by atoms with van der Waals surface area (Å²) in [7, 11) is 0. The molecular weight excluding hydrogens is 316 g/mol. The lowest BCUT2D eigenvalue weighted by molar-refractivity contribution is -0.164. The molecular formula is C21H30O4. The van der Waals surface area contributed by atoms with Gasteiger partial charge in [-0.2, -0.15) is 0 Å². The number of carbonyl (C=O) groups excluding carboxylic acids is 2. The summed E-state index contributed by atoms with van der Waals surface area (Å²) in [6.07, 6.45) is 8.38. The molecule has 3 fully saturated rings. The lowest BCUT2D eigenvalue weighted by Crippen LogP contribution is -2.43. The molecule has 0 saturated heterocycles. The van der Waals surface area contributed by atoms with Gasteiger partial charge in [0.25, 0.3) is 0 Å². The van der Waals surface area contributed by atoms with Crippen LogP contribution in [0.4, 0.5) is 0 Å². The molecule has 0 aromatic rings. The van der Waals surface area contributed by atoms with E-state index >= 15 is 0 Å². The summed E-state index contributed by atoms with van der Waals surface area (Å²) >= 11 is 0. The molecule has 0 aliphatic heterocycles. The summed E-state index contributed by atoms with van der Waals surface area (Å²) in [6.45, 7) is 7.74. The van der Waals surface area contributed by atoms with Crippen molar-refractivity contribution in [2.45, 2.75) is 59.0 Å². The molecule has 4 aliphatic carbocycles. The Hall–Kier alpha value is -1.32. The molecule has 0 radical (unpaired) electrons. The molecule has 0 spiro atoms. The Morgan fingerprint density at radius 3 is 2.48 bits per heavy atom. The van der Waals surface area contributed by atoms with Gasteiger partial charge in [-0.1, -0.05) is 12.2 Å². The van der Waals surface area contributed by atoms with E-state index in [2.05, 4.69) is 19.1 Å². The number of fused-ring (bicyclic) bond motifs is 9. The van der Waals surface area contributed by atoms with E-state index in [1.165, 1.54) is 12.8 Å². The lowest BCUT2D eigenvalue weighted by Gasteiger charge is -2.41. The normalized spacial score (nSPS) is 43.4. The van der Waals surface area contributed by atoms with Crippen LogP contribution in [-0.4, -0.2) is 24.1 Å². The second-order valence-electron chi connectivity index (χ2n) is 9.80. The van der Waals surface area contributed by atoms with E-state index < -0.39 is 5.60 Å². The van der Waals surface area contributed by atoms with E-state index in [4.69, 9.17) is 9.47 Å². The van der Waals surface area contributed by atoms with Crippen LogP contribution in [0.15, 0.2) is 12.2 Å². The van der Waals surface area contributed by atoms with Crippen LogP contribution in [0.25, 0.3) is 0 Å². The Balaban J connectivity index is 1.34. The van der Waals surface area contributed by atoms with Gasteiger partial charge in [0.05, 0.1) is 11.8 Å². The predicted molar refractivity (Wildman–Crippen MR) is 93.5 cm³/mol. The van der Waals surface area contributed by atoms with Gasteiger partial charge in [0.1, 0.15) is 12.2 Å². The molecule has 0 heterocycles. The van der Waals surface area contributed by atoms with Crippen molar-refractivity contribution in [1.29, 1.82) is 0 Å². The third-order valence-corrected chi connectivity index (χ3v) is 7.08. The summed E-state index contributed by atoms with van der Waals surface area (Å²) in [5.41, 5.74) is -0.861. The number of rotatable bonds is 4. The first-order valence-corrected chi connectivity index (χ1v) is 9.76. The molecule has 25 heavy (non-hydrogen) atoms. The van der Waals surface area contributed by atoms with Crippen molar-refractivity contribution in [2.24, 2.45) is 40.9 Å². The third kappa shape index (κ3) is 2.72. The number of hydrogen-bond acceptors (Lipinski definition) is 4. The molecule has 0 aromatic heterocycles. The molecule has 0 N–H and O–H groups in total. The van der Waals surface area contributed by atoms with Gasteiger partial charge in [-0.15, -0.1) is 0 Å². The minimum absolute atomic E-state index is 0.103. The van der Waals surface area contributed by atoms with Gasteiger partial charge >= 0.3 is 11.9 Å². The number of carbonyl (C=O) groups is 2. The first kappa shape index (κ1) is 17.1. The molecule has 0 aromatic carbocycles. The number of allylic oxidation sites excluding steroid dienone is 2. The predicted octanol–water partition coefficient (Wildman–Crippen LogP) is 3.75. The monoisotopic (exact) mass is 346 g/mol. The van der Waals surface area contributed by atoms with Crippen molar-refractivity contribution >= 4 is 11.9 Å². The molecule has 3 saturated carbocycles. The van der Waals surface area contributed by atoms with Crippen molar-refractivity contribution in [3.05, 3.63) is 12.2 Å². The minimum atomic E-state index is -0.498. The number of hydrogen-bond donors (Lipinski definition) is 0. The highest BCUT2D eigenvalue weighted by atomic mass is 16.6. The van der Waals surface area contributed by atoms with Crippen LogP contribution in [0.1, 0.15) is 53.4 Å². The van der Waals surface area contributed by atoms with Crippen LogP contribution in [0.3, 0.4) is 0 Å². The molecule has 0 amide bonds. The molecule has 7 atom stereocenters. The maximum Gasteiger partial charge on any atom is 0.312 e. The van der Waals surface area contributed by atoms with Gasteiger partial charge in [-0.05, 0) is 82.5 Å². The fourth-order valence-electron chi connectivity index (χ4n) is 6.39.